The molecule has 0 aliphatic carbocycles. The summed E-state index contributed by atoms with van der Waals surface area (Å²) in [5.74, 6) is 1.68. The summed E-state index contributed by atoms with van der Waals surface area (Å²) in [5.41, 5.74) is 2.69. The van der Waals surface area contributed by atoms with Crippen LogP contribution in [0.5, 0.6) is 5.75 Å². The minimum Gasteiger partial charge on any atom is -0.493 e. The van der Waals surface area contributed by atoms with Crippen molar-refractivity contribution >= 4 is 5.97 Å². The summed E-state index contributed by atoms with van der Waals surface area (Å²) in [6.07, 6.45) is 1.02. The summed E-state index contributed by atoms with van der Waals surface area (Å²) in [6.45, 7) is 6.54. The molecule has 0 atom stereocenters. The Morgan fingerprint density at radius 1 is 1.08 bits per heavy atom. The lowest BCUT2D eigenvalue weighted by Crippen LogP contribution is -2.45. The van der Waals surface area contributed by atoms with Crippen molar-refractivity contribution in [2.24, 2.45) is 0 Å². The largest absolute Gasteiger partial charge is 0.493 e. The third kappa shape index (κ3) is 3.76. The van der Waals surface area contributed by atoms with E-state index in [1.165, 1.54) is 18.2 Å². The highest BCUT2D eigenvalue weighted by Crippen LogP contribution is 2.26. The van der Waals surface area contributed by atoms with Crippen molar-refractivity contribution in [2.45, 2.75) is 19.5 Å². The van der Waals surface area contributed by atoms with Crippen molar-refractivity contribution < 1.29 is 18.7 Å². The maximum atomic E-state index is 11.5. The molecule has 4 rings (SSSR count). The molecule has 0 N–H and O–H groups in total. The maximum absolute atomic E-state index is 11.5. The molecule has 0 radical (unpaired) electrons. The Morgan fingerprint density at radius 3 is 2.62 bits per heavy atom. The molecule has 1 aromatic heterocycles. The van der Waals surface area contributed by atoms with E-state index in [0.29, 0.717) is 0 Å². The van der Waals surface area contributed by atoms with Crippen LogP contribution >= 0.6 is 0 Å². The average Bonchev–Trinajstić information content (AvgIpc) is 3.31. The van der Waals surface area contributed by atoms with Crippen molar-refractivity contribution in [2.75, 3.05) is 39.9 Å². The smallest absolute Gasteiger partial charge is 0.373 e. The molecule has 1 saturated heterocycles. The number of piperazine rings is 1. The van der Waals surface area contributed by atoms with Crippen LogP contribution < -0.4 is 4.74 Å². The number of hydrogen-bond donors (Lipinski definition) is 0. The molecule has 3 heterocycles. The summed E-state index contributed by atoms with van der Waals surface area (Å²) >= 11 is 0. The number of ether oxygens (including phenoxy) is 2. The number of benzene rings is 1. The first-order valence-corrected chi connectivity index (χ1v) is 9.07. The van der Waals surface area contributed by atoms with Crippen LogP contribution in [-0.4, -0.2) is 55.7 Å². The molecule has 2 aromatic rings. The molecule has 1 fully saturated rings. The Morgan fingerprint density at radius 2 is 1.85 bits per heavy atom. The van der Waals surface area contributed by atoms with E-state index < -0.39 is 5.97 Å². The monoisotopic (exact) mass is 356 g/mol. The average molecular weight is 356 g/mol. The lowest BCUT2D eigenvalue weighted by Gasteiger charge is -2.34. The fourth-order valence-electron chi connectivity index (χ4n) is 3.60. The molecule has 2 aliphatic rings. The first-order chi connectivity index (χ1) is 12.7. The van der Waals surface area contributed by atoms with E-state index in [0.717, 1.165) is 63.8 Å². The zero-order valence-corrected chi connectivity index (χ0v) is 15.1. The second-order valence-corrected chi connectivity index (χ2v) is 6.85. The third-order valence-corrected chi connectivity index (χ3v) is 5.05. The fourth-order valence-corrected chi connectivity index (χ4v) is 3.60. The van der Waals surface area contributed by atoms with E-state index in [9.17, 15) is 4.79 Å². The molecular weight excluding hydrogens is 332 g/mol. The van der Waals surface area contributed by atoms with Gasteiger partial charge in [0.25, 0.3) is 0 Å². The van der Waals surface area contributed by atoms with Gasteiger partial charge in [-0.15, -0.1) is 0 Å². The molecule has 0 saturated carbocycles. The Kier molecular flexibility index (Phi) is 4.95. The SMILES string of the molecule is COC(=O)c1ccc(CN2CCN(Cc3ccc4c(c3)CCO4)CC2)o1. The number of furan rings is 1. The molecule has 6 heteroatoms. The second kappa shape index (κ2) is 7.51. The lowest BCUT2D eigenvalue weighted by molar-refractivity contribution is 0.0559. The van der Waals surface area contributed by atoms with Gasteiger partial charge in [-0.25, -0.2) is 4.79 Å². The van der Waals surface area contributed by atoms with Crippen LogP contribution in [0.25, 0.3) is 0 Å². The quantitative estimate of drug-likeness (QED) is 0.767. The zero-order chi connectivity index (χ0) is 17.9. The summed E-state index contributed by atoms with van der Waals surface area (Å²) in [7, 11) is 1.36. The molecule has 0 unspecified atom stereocenters. The Hall–Kier alpha value is -2.31. The van der Waals surface area contributed by atoms with Gasteiger partial charge in [0.1, 0.15) is 11.5 Å². The minimum absolute atomic E-state index is 0.265. The number of carbonyl (C=O) groups is 1. The molecule has 0 amide bonds. The van der Waals surface area contributed by atoms with E-state index in [2.05, 4.69) is 32.7 Å². The van der Waals surface area contributed by atoms with Crippen molar-refractivity contribution in [3.63, 3.8) is 0 Å². The van der Waals surface area contributed by atoms with Crippen LogP contribution in [0.15, 0.2) is 34.7 Å². The van der Waals surface area contributed by atoms with Crippen LogP contribution in [0.1, 0.15) is 27.4 Å². The molecule has 0 bridgehead atoms. The standard InChI is InChI=1S/C20H24N2O4/c1-24-20(23)19-5-3-17(26-19)14-22-9-7-21(8-10-22)13-15-2-4-18-16(12-15)6-11-25-18/h2-5,12H,6-11,13-14H2,1H3. The van der Waals surface area contributed by atoms with Gasteiger partial charge in [-0.3, -0.25) is 9.80 Å². The number of fused-ring (bicyclic) bond motifs is 1. The van der Waals surface area contributed by atoms with Gasteiger partial charge in [0, 0.05) is 39.1 Å². The fraction of sp³-hybridized carbons (Fsp3) is 0.450. The number of nitrogens with zero attached hydrogens (tertiary/aromatic N) is 2. The highest BCUT2D eigenvalue weighted by Gasteiger charge is 2.20. The first-order valence-electron chi connectivity index (χ1n) is 9.07. The minimum atomic E-state index is -0.430. The van der Waals surface area contributed by atoms with Gasteiger partial charge in [-0.05, 0) is 29.3 Å². The van der Waals surface area contributed by atoms with E-state index in [-0.39, 0.29) is 5.76 Å². The van der Waals surface area contributed by atoms with Gasteiger partial charge in [-0.2, -0.15) is 0 Å². The maximum Gasteiger partial charge on any atom is 0.373 e. The Balaban J connectivity index is 1.27. The van der Waals surface area contributed by atoms with Crippen molar-refractivity contribution in [1.82, 2.24) is 9.80 Å². The van der Waals surface area contributed by atoms with E-state index >= 15 is 0 Å². The van der Waals surface area contributed by atoms with Crippen LogP contribution in [-0.2, 0) is 24.2 Å². The van der Waals surface area contributed by atoms with Gasteiger partial charge in [-0.1, -0.05) is 12.1 Å². The predicted octanol–water partition coefficient (Wildman–Crippen LogP) is 2.32. The van der Waals surface area contributed by atoms with E-state index in [1.807, 2.05) is 6.07 Å². The molecule has 0 spiro atoms. The van der Waals surface area contributed by atoms with Gasteiger partial charge >= 0.3 is 5.97 Å². The normalized spacial score (nSPS) is 17.7. The first kappa shape index (κ1) is 17.1. The summed E-state index contributed by atoms with van der Waals surface area (Å²) < 4.78 is 15.8. The predicted molar refractivity (Wildman–Crippen MR) is 96.2 cm³/mol. The number of esters is 1. The Labute approximate surface area is 153 Å². The van der Waals surface area contributed by atoms with Gasteiger partial charge in [0.15, 0.2) is 0 Å². The highest BCUT2D eigenvalue weighted by atomic mass is 16.5. The highest BCUT2D eigenvalue weighted by molar-refractivity contribution is 5.86. The topological polar surface area (TPSA) is 55.2 Å². The van der Waals surface area contributed by atoms with Gasteiger partial charge in [0.05, 0.1) is 20.3 Å². The van der Waals surface area contributed by atoms with Crippen LogP contribution in [0.2, 0.25) is 0 Å². The molecular formula is C20H24N2O4. The van der Waals surface area contributed by atoms with Crippen molar-refractivity contribution in [3.05, 3.63) is 53.0 Å². The summed E-state index contributed by atoms with van der Waals surface area (Å²) in [5, 5.41) is 0. The van der Waals surface area contributed by atoms with E-state index in [4.69, 9.17) is 9.15 Å². The van der Waals surface area contributed by atoms with Gasteiger partial charge < -0.3 is 13.9 Å². The van der Waals surface area contributed by atoms with Crippen LogP contribution in [0, 0.1) is 0 Å². The number of rotatable bonds is 5. The van der Waals surface area contributed by atoms with Crippen LogP contribution in [0.3, 0.4) is 0 Å². The molecule has 26 heavy (non-hydrogen) atoms. The molecule has 2 aliphatic heterocycles. The van der Waals surface area contributed by atoms with Gasteiger partial charge in [0.2, 0.25) is 5.76 Å². The molecule has 138 valence electrons. The third-order valence-electron chi connectivity index (χ3n) is 5.05. The van der Waals surface area contributed by atoms with Crippen molar-refractivity contribution in [3.8, 4) is 5.75 Å². The molecule has 6 nitrogen and oxygen atoms in total. The van der Waals surface area contributed by atoms with Crippen LogP contribution in [0.4, 0.5) is 0 Å². The lowest BCUT2D eigenvalue weighted by atomic mass is 10.1. The molecule has 1 aromatic carbocycles. The Bertz CT molecular complexity index is 778. The second-order valence-electron chi connectivity index (χ2n) is 6.85. The number of methoxy groups -OCH3 is 1. The zero-order valence-electron chi connectivity index (χ0n) is 15.1. The van der Waals surface area contributed by atoms with Crippen molar-refractivity contribution in [1.29, 1.82) is 0 Å². The number of hydrogen-bond acceptors (Lipinski definition) is 6. The van der Waals surface area contributed by atoms with E-state index in [1.54, 1.807) is 6.07 Å². The summed E-state index contributed by atoms with van der Waals surface area (Å²) in [6, 6.07) is 10.1. The number of carbonyl (C=O) groups excluding carboxylic acids is 1. The summed E-state index contributed by atoms with van der Waals surface area (Å²) in [4.78, 5) is 16.3.